The predicted molar refractivity (Wildman–Crippen MR) is 167 cm³/mol. The Morgan fingerprint density at radius 3 is 2.05 bits per heavy atom. The summed E-state index contributed by atoms with van der Waals surface area (Å²) in [7, 11) is 0. The fourth-order valence-corrected chi connectivity index (χ4v) is 6.29. The highest BCUT2D eigenvalue weighted by atomic mass is 32.1. The lowest BCUT2D eigenvalue weighted by molar-refractivity contribution is -1.04. The number of thiocarbonyl (C=S) groups is 2. The van der Waals surface area contributed by atoms with E-state index in [-0.39, 0.29) is 5.79 Å². The van der Waals surface area contributed by atoms with Gasteiger partial charge in [-0.25, -0.2) is 4.99 Å². The topological polar surface area (TPSA) is 116 Å². The minimum absolute atomic E-state index is 0.0951. The summed E-state index contributed by atoms with van der Waals surface area (Å²) in [6, 6.07) is 0. The highest BCUT2D eigenvalue weighted by Crippen LogP contribution is 2.45. The van der Waals surface area contributed by atoms with Crippen molar-refractivity contribution in [2.45, 2.75) is 70.0 Å². The minimum Gasteiger partial charge on any atom is -0.396 e. The van der Waals surface area contributed by atoms with Crippen LogP contribution in [0.2, 0.25) is 0 Å². The predicted octanol–water partition coefficient (Wildman–Crippen LogP) is 1.94. The van der Waals surface area contributed by atoms with Crippen molar-refractivity contribution in [3.8, 4) is 0 Å². The third-order valence-electron chi connectivity index (χ3n) is 8.31. The SMILES string of the molecule is NCCCCCCO.OCCCCCCN1C(=S)NC12CC[N+]21CCOCC1.S=C=NCCCN1CCOCC1. The Labute approximate surface area is 252 Å². The van der Waals surface area contributed by atoms with E-state index in [1.165, 1.54) is 25.8 Å². The van der Waals surface area contributed by atoms with Crippen molar-refractivity contribution in [1.82, 2.24) is 15.1 Å². The first kappa shape index (κ1) is 35.4. The molecule has 4 fully saturated rings. The van der Waals surface area contributed by atoms with Gasteiger partial charge < -0.3 is 25.4 Å². The van der Waals surface area contributed by atoms with Gasteiger partial charge in [-0.15, -0.1) is 0 Å². The first-order valence-electron chi connectivity index (χ1n) is 15.4. The van der Waals surface area contributed by atoms with Crippen LogP contribution in [0.25, 0.3) is 0 Å². The van der Waals surface area contributed by atoms with E-state index in [2.05, 4.69) is 37.5 Å². The number of aliphatic imine (C=N–C) groups is 1. The van der Waals surface area contributed by atoms with Crippen LogP contribution >= 0.6 is 24.4 Å². The first-order chi connectivity index (χ1) is 19.6. The Kier molecular flexibility index (Phi) is 18.6. The smallest absolute Gasteiger partial charge is 0.262 e. The van der Waals surface area contributed by atoms with Gasteiger partial charge in [-0.3, -0.25) is 19.6 Å². The lowest BCUT2D eigenvalue weighted by Crippen LogP contribution is -2.95. The molecule has 232 valence electrons. The number of isothiocyanates is 1. The lowest BCUT2D eigenvalue weighted by Gasteiger charge is -2.70. The molecule has 0 amide bonds. The van der Waals surface area contributed by atoms with Gasteiger partial charge in [0.05, 0.1) is 51.1 Å². The van der Waals surface area contributed by atoms with Crippen LogP contribution < -0.4 is 11.1 Å². The molecule has 4 aliphatic heterocycles. The van der Waals surface area contributed by atoms with Gasteiger partial charge in [-0.1, -0.05) is 25.7 Å². The minimum atomic E-state index is 0.0951. The summed E-state index contributed by atoms with van der Waals surface area (Å²) in [5.41, 5.74) is 5.25. The van der Waals surface area contributed by atoms with Crippen LogP contribution in [-0.4, -0.2) is 139 Å². The van der Waals surface area contributed by atoms with Gasteiger partial charge >= 0.3 is 0 Å². The Morgan fingerprint density at radius 2 is 1.50 bits per heavy atom. The second kappa shape index (κ2) is 21.0. The summed E-state index contributed by atoms with van der Waals surface area (Å²) in [6.07, 6.45) is 11.0. The van der Waals surface area contributed by atoms with E-state index in [0.29, 0.717) is 13.2 Å². The number of rotatable bonds is 15. The number of quaternary nitrogens is 1. The van der Waals surface area contributed by atoms with Gasteiger partial charge in [0.2, 0.25) is 0 Å². The van der Waals surface area contributed by atoms with Crippen molar-refractivity contribution in [3.05, 3.63) is 0 Å². The number of unbranched alkanes of at least 4 members (excludes halogenated alkanes) is 6. The maximum absolute atomic E-state index is 8.81. The monoisotopic (exact) mass is 603 g/mol. The van der Waals surface area contributed by atoms with Crippen LogP contribution in [0.4, 0.5) is 0 Å². The second-order valence-electron chi connectivity index (χ2n) is 10.9. The third-order valence-corrected chi connectivity index (χ3v) is 8.77. The molecule has 5 N–H and O–H groups in total. The van der Waals surface area contributed by atoms with E-state index < -0.39 is 0 Å². The fraction of sp³-hybridized carbons (Fsp3) is 0.929. The zero-order valence-electron chi connectivity index (χ0n) is 24.6. The summed E-state index contributed by atoms with van der Waals surface area (Å²) in [5.74, 6) is 0.0951. The molecule has 4 rings (SSSR count). The highest BCUT2D eigenvalue weighted by Gasteiger charge is 2.69. The molecule has 0 aromatic rings. The van der Waals surface area contributed by atoms with Crippen LogP contribution in [0.1, 0.15) is 64.2 Å². The third kappa shape index (κ3) is 11.1. The standard InChI is InChI=1S/C14H25N3O2S.C8H14N2OS.C6H15NO/c18-10-4-2-1-3-6-16-13(20)15-14(16)5-7-17(14)8-11-19-12-9-17;12-8-9-2-1-3-10-4-6-11-7-5-10;7-5-3-1-2-4-6-8/h18H,1-12H2;1-7H2;8H,1-7H2/p+1. The zero-order valence-corrected chi connectivity index (χ0v) is 26.2. The molecule has 2 spiro atoms. The number of aliphatic hydroxyl groups is 2. The number of ether oxygens (including phenoxy) is 2. The van der Waals surface area contributed by atoms with Crippen molar-refractivity contribution >= 4 is 34.7 Å². The molecule has 4 saturated heterocycles. The number of aliphatic hydroxyl groups excluding tert-OH is 2. The maximum Gasteiger partial charge on any atom is 0.262 e. The first-order valence-corrected chi connectivity index (χ1v) is 16.2. The van der Waals surface area contributed by atoms with E-state index in [0.717, 1.165) is 133 Å². The molecular weight excluding hydrogens is 548 g/mol. The number of hydrogen-bond acceptors (Lipinski definition) is 9. The van der Waals surface area contributed by atoms with E-state index in [1.54, 1.807) is 0 Å². The van der Waals surface area contributed by atoms with Crippen LogP contribution in [0.3, 0.4) is 0 Å². The molecule has 1 unspecified atom stereocenters. The van der Waals surface area contributed by atoms with Gasteiger partial charge in [0, 0.05) is 39.4 Å². The van der Waals surface area contributed by atoms with Crippen molar-refractivity contribution in [3.63, 3.8) is 0 Å². The molecule has 0 bridgehead atoms. The maximum atomic E-state index is 8.81. The quantitative estimate of drug-likeness (QED) is 0.0958. The second-order valence-corrected chi connectivity index (χ2v) is 11.5. The van der Waals surface area contributed by atoms with Gasteiger partial charge in [-0.2, -0.15) is 0 Å². The molecule has 0 aliphatic carbocycles. The number of fused-ring (bicyclic) bond motifs is 1. The van der Waals surface area contributed by atoms with Crippen molar-refractivity contribution in [1.29, 1.82) is 0 Å². The molecular formula is C28H55N6O4S2+. The molecule has 0 aromatic heterocycles. The molecule has 1 atom stereocenters. The Balaban J connectivity index is 0.000000239. The average Bonchev–Trinajstić information content (AvgIpc) is 2.99. The largest absolute Gasteiger partial charge is 0.396 e. The molecule has 12 heteroatoms. The Hall–Kier alpha value is -0.790. The van der Waals surface area contributed by atoms with Gasteiger partial charge in [0.15, 0.2) is 5.11 Å². The number of nitrogens with zero attached hydrogens (tertiary/aromatic N) is 4. The van der Waals surface area contributed by atoms with E-state index >= 15 is 0 Å². The number of morpholine rings is 2. The zero-order chi connectivity index (χ0) is 28.9. The molecule has 0 saturated carbocycles. The van der Waals surface area contributed by atoms with Crippen molar-refractivity contribution in [2.75, 3.05) is 98.5 Å². The van der Waals surface area contributed by atoms with Crippen LogP contribution in [0, 0.1) is 0 Å². The normalized spacial score (nSPS) is 23.1. The number of nitrogens with one attached hydrogen (secondary N) is 1. The lowest BCUT2D eigenvalue weighted by atomic mass is 9.91. The van der Waals surface area contributed by atoms with Crippen molar-refractivity contribution < 1.29 is 24.2 Å². The van der Waals surface area contributed by atoms with Crippen LogP contribution in [0.5, 0.6) is 0 Å². The van der Waals surface area contributed by atoms with Crippen molar-refractivity contribution in [2.24, 2.45) is 10.7 Å². The van der Waals surface area contributed by atoms with E-state index in [9.17, 15) is 0 Å². The summed E-state index contributed by atoms with van der Waals surface area (Å²) in [6.45, 7) is 13.5. The van der Waals surface area contributed by atoms with E-state index in [4.69, 9.17) is 37.6 Å². The Morgan fingerprint density at radius 1 is 0.875 bits per heavy atom. The van der Waals surface area contributed by atoms with Crippen LogP contribution in [0.15, 0.2) is 4.99 Å². The molecule has 4 heterocycles. The molecule has 10 nitrogen and oxygen atoms in total. The van der Waals surface area contributed by atoms with Gasteiger partial charge in [-0.05, 0) is 63.1 Å². The van der Waals surface area contributed by atoms with Gasteiger partial charge in [0.25, 0.3) is 5.79 Å². The van der Waals surface area contributed by atoms with Gasteiger partial charge in [0.1, 0.15) is 13.1 Å². The Bertz CT molecular complexity index is 728. The molecule has 4 aliphatic rings. The summed E-state index contributed by atoms with van der Waals surface area (Å²) >= 11 is 9.91. The van der Waals surface area contributed by atoms with Crippen LogP contribution in [-0.2, 0) is 9.47 Å². The molecule has 0 aromatic carbocycles. The summed E-state index contributed by atoms with van der Waals surface area (Å²) in [5, 5.41) is 24.0. The van der Waals surface area contributed by atoms with E-state index in [1.807, 2.05) is 0 Å². The average molecular weight is 604 g/mol. The highest BCUT2D eigenvalue weighted by molar-refractivity contribution is 7.80. The molecule has 0 radical (unpaired) electrons. The summed E-state index contributed by atoms with van der Waals surface area (Å²) < 4.78 is 11.9. The fourth-order valence-electron chi connectivity index (χ4n) is 5.79. The number of nitrogens with two attached hydrogens (primary N) is 1. The number of hydrogen-bond donors (Lipinski definition) is 4. The summed E-state index contributed by atoms with van der Waals surface area (Å²) in [4.78, 5) is 8.68. The molecule has 40 heavy (non-hydrogen) atoms.